The van der Waals surface area contributed by atoms with Gasteiger partial charge in [-0.25, -0.2) is 8.42 Å². The van der Waals surface area contributed by atoms with Gasteiger partial charge in [0.2, 0.25) is 0 Å². The summed E-state index contributed by atoms with van der Waals surface area (Å²) in [7, 11) is -1.81. The van der Waals surface area contributed by atoms with Crippen molar-refractivity contribution < 1.29 is 22.4 Å². The van der Waals surface area contributed by atoms with Gasteiger partial charge in [0.05, 0.1) is 22.2 Å². The molecule has 4 rings (SSSR count). The van der Waals surface area contributed by atoms with Crippen molar-refractivity contribution in [3.05, 3.63) is 65.7 Å². The molecular weight excluding hydrogens is 424 g/mol. The van der Waals surface area contributed by atoms with Crippen molar-refractivity contribution in [1.82, 2.24) is 4.57 Å². The normalized spacial score (nSPS) is 12.5. The molecule has 0 atom stereocenters. The maximum atomic E-state index is 12.8. The number of benzene rings is 2. The second kappa shape index (κ2) is 7.58. The lowest BCUT2D eigenvalue weighted by atomic mass is 10.2. The zero-order chi connectivity index (χ0) is 21.5. The lowest BCUT2D eigenvalue weighted by molar-refractivity contribution is 0.0973. The van der Waals surface area contributed by atoms with Gasteiger partial charge in [0, 0.05) is 18.2 Å². The molecule has 0 aliphatic carbocycles. The number of methoxy groups -OCH3 is 1. The Hall–Kier alpha value is -3.17. The van der Waals surface area contributed by atoms with Crippen LogP contribution < -0.4 is 9.54 Å². The molecule has 9 heteroatoms. The van der Waals surface area contributed by atoms with Crippen LogP contribution in [0.4, 0.5) is 0 Å². The van der Waals surface area contributed by atoms with Crippen molar-refractivity contribution in [1.29, 1.82) is 0 Å². The number of ether oxygens (including phenoxy) is 1. The summed E-state index contributed by atoms with van der Waals surface area (Å²) < 4.78 is 37.2. The van der Waals surface area contributed by atoms with Gasteiger partial charge < -0.3 is 13.7 Å². The van der Waals surface area contributed by atoms with Crippen LogP contribution in [0, 0.1) is 0 Å². The molecule has 154 valence electrons. The number of fused-ring (bicyclic) bond motifs is 2. The molecule has 2 heterocycles. The van der Waals surface area contributed by atoms with Gasteiger partial charge in [-0.05, 0) is 30.3 Å². The number of furan rings is 1. The summed E-state index contributed by atoms with van der Waals surface area (Å²) in [5.41, 5.74) is 1.25. The number of para-hydroxylation sites is 1. The summed E-state index contributed by atoms with van der Waals surface area (Å²) >= 11 is 1.23. The molecule has 0 radical (unpaired) electrons. The molecule has 30 heavy (non-hydrogen) atoms. The van der Waals surface area contributed by atoms with Crippen molar-refractivity contribution in [2.24, 2.45) is 4.99 Å². The van der Waals surface area contributed by atoms with Crippen LogP contribution in [-0.2, 0) is 16.4 Å². The SMILES string of the molecule is C=CCn1c(=NC(=O)c2cc3cccc(OC)c3o2)sc2cc(S(C)(=O)=O)ccc21. The fourth-order valence-corrected chi connectivity index (χ4v) is 4.92. The first-order valence-electron chi connectivity index (χ1n) is 8.92. The Morgan fingerprint density at radius 3 is 2.80 bits per heavy atom. The highest BCUT2D eigenvalue weighted by molar-refractivity contribution is 7.90. The summed E-state index contributed by atoms with van der Waals surface area (Å²) in [6.45, 7) is 4.17. The van der Waals surface area contributed by atoms with Crippen LogP contribution in [0.5, 0.6) is 5.75 Å². The minimum Gasteiger partial charge on any atom is -0.493 e. The van der Waals surface area contributed by atoms with Crippen LogP contribution in [-0.4, -0.2) is 32.3 Å². The highest BCUT2D eigenvalue weighted by Crippen LogP contribution is 2.29. The third-order valence-corrected chi connectivity index (χ3v) is 6.68. The molecule has 0 N–H and O–H groups in total. The van der Waals surface area contributed by atoms with E-state index in [4.69, 9.17) is 9.15 Å². The van der Waals surface area contributed by atoms with Gasteiger partial charge >= 0.3 is 5.91 Å². The molecule has 7 nitrogen and oxygen atoms in total. The van der Waals surface area contributed by atoms with Crippen LogP contribution in [0.25, 0.3) is 21.2 Å². The zero-order valence-corrected chi connectivity index (χ0v) is 17.9. The number of allylic oxidation sites excluding steroid dienone is 1. The maximum absolute atomic E-state index is 12.8. The number of carbonyl (C=O) groups excluding carboxylic acids is 1. The third kappa shape index (κ3) is 3.57. The maximum Gasteiger partial charge on any atom is 0.315 e. The first-order valence-corrected chi connectivity index (χ1v) is 11.6. The fraction of sp³-hybridized carbons (Fsp3) is 0.143. The van der Waals surface area contributed by atoms with E-state index < -0.39 is 15.7 Å². The third-order valence-electron chi connectivity index (χ3n) is 4.53. The minimum atomic E-state index is -3.34. The largest absolute Gasteiger partial charge is 0.493 e. The number of nitrogens with zero attached hydrogens (tertiary/aromatic N) is 2. The van der Waals surface area contributed by atoms with E-state index in [2.05, 4.69) is 11.6 Å². The first kappa shape index (κ1) is 20.1. The summed E-state index contributed by atoms with van der Waals surface area (Å²) in [4.78, 5) is 17.7. The van der Waals surface area contributed by atoms with Gasteiger partial charge in [0.1, 0.15) is 0 Å². The number of thiazole rings is 1. The Morgan fingerprint density at radius 1 is 1.30 bits per heavy atom. The van der Waals surface area contributed by atoms with E-state index in [9.17, 15) is 13.2 Å². The molecule has 0 unspecified atom stereocenters. The Morgan fingerprint density at radius 2 is 2.10 bits per heavy atom. The molecule has 0 saturated carbocycles. The summed E-state index contributed by atoms with van der Waals surface area (Å²) in [6.07, 6.45) is 2.84. The van der Waals surface area contributed by atoms with E-state index >= 15 is 0 Å². The lowest BCUT2D eigenvalue weighted by Gasteiger charge is -2.02. The highest BCUT2D eigenvalue weighted by Gasteiger charge is 2.16. The number of sulfone groups is 1. The van der Waals surface area contributed by atoms with E-state index in [0.29, 0.717) is 27.4 Å². The van der Waals surface area contributed by atoms with Gasteiger partial charge in [-0.1, -0.05) is 29.5 Å². The summed E-state index contributed by atoms with van der Waals surface area (Å²) in [6, 6.07) is 11.8. The van der Waals surface area contributed by atoms with E-state index in [1.165, 1.54) is 18.4 Å². The standard InChI is InChI=1S/C21H18N2O5S2/c1-4-10-23-15-9-8-14(30(3,25)26)12-18(15)29-21(23)22-20(24)17-11-13-6-5-7-16(27-2)19(13)28-17/h4-9,11-12H,1,10H2,2-3H3. The average molecular weight is 443 g/mol. The van der Waals surface area contributed by atoms with Crippen LogP contribution in [0.15, 0.2) is 69.4 Å². The lowest BCUT2D eigenvalue weighted by Crippen LogP contribution is -2.16. The Kier molecular flexibility index (Phi) is 5.08. The monoisotopic (exact) mass is 442 g/mol. The Labute approximate surface area is 176 Å². The number of aromatic nitrogens is 1. The smallest absolute Gasteiger partial charge is 0.315 e. The van der Waals surface area contributed by atoms with Gasteiger partial charge in [-0.2, -0.15) is 4.99 Å². The van der Waals surface area contributed by atoms with Crippen molar-refractivity contribution in [2.75, 3.05) is 13.4 Å². The van der Waals surface area contributed by atoms with Crippen molar-refractivity contribution in [2.45, 2.75) is 11.4 Å². The molecule has 2 aromatic heterocycles. The number of hydrogen-bond acceptors (Lipinski definition) is 6. The average Bonchev–Trinajstić information content (AvgIpc) is 3.29. The molecule has 1 amide bonds. The van der Waals surface area contributed by atoms with Crippen molar-refractivity contribution in [3.8, 4) is 5.75 Å². The number of carbonyl (C=O) groups is 1. The highest BCUT2D eigenvalue weighted by atomic mass is 32.2. The second-order valence-corrected chi connectivity index (χ2v) is 9.62. The molecule has 0 aliphatic rings. The molecule has 0 aliphatic heterocycles. The van der Waals surface area contributed by atoms with E-state index in [0.717, 1.165) is 17.2 Å². The number of rotatable bonds is 5. The minimum absolute atomic E-state index is 0.0916. The molecule has 0 saturated heterocycles. The molecular formula is C21H18N2O5S2. The summed E-state index contributed by atoms with van der Waals surface area (Å²) in [5.74, 6) is 0.0818. The summed E-state index contributed by atoms with van der Waals surface area (Å²) in [5, 5.41) is 0.737. The quantitative estimate of drug-likeness (QED) is 0.439. The molecule has 2 aromatic carbocycles. The molecule has 4 aromatic rings. The van der Waals surface area contributed by atoms with Crippen LogP contribution >= 0.6 is 11.3 Å². The molecule has 0 bridgehead atoms. The van der Waals surface area contributed by atoms with E-state index in [-0.39, 0.29) is 10.7 Å². The number of hydrogen-bond donors (Lipinski definition) is 0. The van der Waals surface area contributed by atoms with Crippen molar-refractivity contribution >= 4 is 48.3 Å². The predicted molar refractivity (Wildman–Crippen MR) is 116 cm³/mol. The fourth-order valence-electron chi connectivity index (χ4n) is 3.12. The van der Waals surface area contributed by atoms with Crippen molar-refractivity contribution in [3.63, 3.8) is 0 Å². The van der Waals surface area contributed by atoms with Crippen LogP contribution in [0.3, 0.4) is 0 Å². The van der Waals surface area contributed by atoms with Gasteiger partial charge in [0.15, 0.2) is 31.7 Å². The topological polar surface area (TPSA) is 90.9 Å². The van der Waals surface area contributed by atoms with Crippen LogP contribution in [0.2, 0.25) is 0 Å². The van der Waals surface area contributed by atoms with Gasteiger partial charge in [-0.3, -0.25) is 4.79 Å². The zero-order valence-electron chi connectivity index (χ0n) is 16.3. The van der Waals surface area contributed by atoms with Gasteiger partial charge in [0.25, 0.3) is 0 Å². The molecule has 0 fully saturated rings. The second-order valence-electron chi connectivity index (χ2n) is 6.59. The van der Waals surface area contributed by atoms with E-state index in [1.807, 2.05) is 12.1 Å². The predicted octanol–water partition coefficient (Wildman–Crippen LogP) is 3.79. The Balaban J connectivity index is 1.86. The van der Waals surface area contributed by atoms with Crippen LogP contribution in [0.1, 0.15) is 10.6 Å². The van der Waals surface area contributed by atoms with Gasteiger partial charge in [-0.15, -0.1) is 6.58 Å². The number of amides is 1. The molecule has 0 spiro atoms. The van der Waals surface area contributed by atoms with E-state index in [1.54, 1.807) is 41.0 Å². The Bertz CT molecular complexity index is 1470. The first-order chi connectivity index (χ1) is 14.3.